The van der Waals surface area contributed by atoms with Gasteiger partial charge in [-0.3, -0.25) is 9.00 Å². The molecule has 1 aliphatic heterocycles. The van der Waals surface area contributed by atoms with Crippen LogP contribution in [0.15, 0.2) is 66.7 Å². The van der Waals surface area contributed by atoms with E-state index in [1.165, 1.54) is 0 Å². The number of nitrogens with zero attached hydrogens (tertiary/aromatic N) is 2. The summed E-state index contributed by atoms with van der Waals surface area (Å²) < 4.78 is 24.7. The number of carbonyl (C=O) groups excluding carboxylic acids is 1. The van der Waals surface area contributed by atoms with Crippen LogP contribution in [0.5, 0.6) is 11.5 Å². The molecular weight excluding hydrogens is 426 g/mol. The number of benzene rings is 3. The first-order valence-corrected chi connectivity index (χ1v) is 11.6. The molecule has 1 amide bonds. The summed E-state index contributed by atoms with van der Waals surface area (Å²) in [4.78, 5) is 12.7. The molecule has 0 saturated carbocycles. The number of ether oxygens (including phenoxy) is 2. The monoisotopic (exact) mass is 447 g/mol. The number of amides is 1. The average Bonchev–Trinajstić information content (AvgIpc) is 3.34. The van der Waals surface area contributed by atoms with Gasteiger partial charge < -0.3 is 14.8 Å². The Balaban J connectivity index is 1.36. The fourth-order valence-electron chi connectivity index (χ4n) is 3.74. The van der Waals surface area contributed by atoms with E-state index < -0.39 is 10.8 Å². The van der Waals surface area contributed by atoms with Crippen LogP contribution in [0.1, 0.15) is 11.3 Å². The second-order valence-electron chi connectivity index (χ2n) is 7.46. The summed E-state index contributed by atoms with van der Waals surface area (Å²) in [5.41, 5.74) is 2.32. The van der Waals surface area contributed by atoms with Gasteiger partial charge in [-0.05, 0) is 47.2 Å². The maximum atomic E-state index is 12.7. The molecule has 7 nitrogen and oxygen atoms in total. The first kappa shape index (κ1) is 20.3. The van der Waals surface area contributed by atoms with Crippen molar-refractivity contribution in [2.24, 2.45) is 0 Å². The highest BCUT2D eigenvalue weighted by molar-refractivity contribution is 7.83. The molecule has 1 atom stereocenters. The standard InChI is InChI=1S/C24H21N3O4S/c1-30-19-10-7-18(8-11-19)27-24(21-14-32(29)15-22(21)26-27)25-23(28)13-31-20-9-6-16-4-2-3-5-17(16)12-20/h2-12H,13-15H2,1H3,(H,25,28)/t32-/m0/s1. The SMILES string of the molecule is COc1ccc(-n2nc3c(c2NC(=O)COc2ccc4ccccc4c2)C[S@](=O)C3)cc1. The van der Waals surface area contributed by atoms with Crippen LogP contribution >= 0.6 is 0 Å². The van der Waals surface area contributed by atoms with Crippen molar-refractivity contribution < 1.29 is 18.5 Å². The molecule has 0 radical (unpaired) electrons. The van der Waals surface area contributed by atoms with Gasteiger partial charge in [-0.2, -0.15) is 5.10 Å². The zero-order valence-corrected chi connectivity index (χ0v) is 18.2. The normalized spacial score (nSPS) is 14.8. The van der Waals surface area contributed by atoms with Crippen LogP contribution in [-0.4, -0.2) is 33.6 Å². The van der Waals surface area contributed by atoms with E-state index in [0.29, 0.717) is 23.1 Å². The molecule has 8 heteroatoms. The summed E-state index contributed by atoms with van der Waals surface area (Å²) in [6, 6.07) is 21.1. The summed E-state index contributed by atoms with van der Waals surface area (Å²) in [5, 5.41) is 9.67. The minimum absolute atomic E-state index is 0.149. The van der Waals surface area contributed by atoms with E-state index in [1.54, 1.807) is 11.8 Å². The lowest BCUT2D eigenvalue weighted by Gasteiger charge is -2.12. The van der Waals surface area contributed by atoms with Crippen LogP contribution in [-0.2, 0) is 27.1 Å². The third-order valence-corrected chi connectivity index (χ3v) is 6.54. The molecule has 0 aliphatic carbocycles. The third kappa shape index (κ3) is 3.97. The van der Waals surface area contributed by atoms with E-state index in [0.717, 1.165) is 33.5 Å². The molecule has 0 spiro atoms. The number of hydrogen-bond acceptors (Lipinski definition) is 5. The Morgan fingerprint density at radius 3 is 2.56 bits per heavy atom. The van der Waals surface area contributed by atoms with E-state index in [-0.39, 0.29) is 12.5 Å². The summed E-state index contributed by atoms with van der Waals surface area (Å²) >= 11 is 0. The van der Waals surface area contributed by atoms with Gasteiger partial charge in [-0.1, -0.05) is 30.3 Å². The lowest BCUT2D eigenvalue weighted by atomic mass is 10.1. The molecule has 1 N–H and O–H groups in total. The highest BCUT2D eigenvalue weighted by Crippen LogP contribution is 2.31. The highest BCUT2D eigenvalue weighted by Gasteiger charge is 2.28. The van der Waals surface area contributed by atoms with Crippen LogP contribution < -0.4 is 14.8 Å². The minimum atomic E-state index is -1.01. The summed E-state index contributed by atoms with van der Waals surface area (Å²) in [5.74, 6) is 2.32. The van der Waals surface area contributed by atoms with E-state index in [9.17, 15) is 9.00 Å². The van der Waals surface area contributed by atoms with E-state index in [1.807, 2.05) is 66.7 Å². The average molecular weight is 448 g/mol. The topological polar surface area (TPSA) is 82.4 Å². The zero-order valence-electron chi connectivity index (χ0n) is 17.4. The van der Waals surface area contributed by atoms with Crippen LogP contribution in [0.3, 0.4) is 0 Å². The van der Waals surface area contributed by atoms with Crippen LogP contribution in [0.4, 0.5) is 5.82 Å². The quantitative estimate of drug-likeness (QED) is 0.486. The maximum Gasteiger partial charge on any atom is 0.263 e. The lowest BCUT2D eigenvalue weighted by molar-refractivity contribution is -0.118. The predicted octanol–water partition coefficient (Wildman–Crippen LogP) is 3.81. The number of hydrogen-bond donors (Lipinski definition) is 1. The Bertz CT molecular complexity index is 1330. The van der Waals surface area contributed by atoms with E-state index in [4.69, 9.17) is 9.47 Å². The van der Waals surface area contributed by atoms with E-state index >= 15 is 0 Å². The van der Waals surface area contributed by atoms with Crippen LogP contribution in [0, 0.1) is 0 Å². The van der Waals surface area contributed by atoms with Crippen molar-refractivity contribution in [2.45, 2.75) is 11.5 Å². The van der Waals surface area contributed by atoms with Gasteiger partial charge in [0, 0.05) is 16.4 Å². The summed E-state index contributed by atoms with van der Waals surface area (Å²) in [6.45, 7) is -0.149. The number of rotatable bonds is 6. The van der Waals surface area contributed by atoms with Gasteiger partial charge in [0.1, 0.15) is 17.3 Å². The number of methoxy groups -OCH3 is 1. The molecule has 5 rings (SSSR count). The van der Waals surface area contributed by atoms with Gasteiger partial charge in [0.25, 0.3) is 5.91 Å². The molecule has 0 fully saturated rings. The van der Waals surface area contributed by atoms with Gasteiger partial charge in [0.15, 0.2) is 6.61 Å². The molecule has 0 unspecified atom stereocenters. The van der Waals surface area contributed by atoms with Crippen molar-refractivity contribution in [2.75, 3.05) is 19.0 Å². The van der Waals surface area contributed by atoms with Gasteiger partial charge in [-0.15, -0.1) is 0 Å². The molecule has 32 heavy (non-hydrogen) atoms. The lowest BCUT2D eigenvalue weighted by Crippen LogP contribution is -2.22. The number of aromatic nitrogens is 2. The van der Waals surface area contributed by atoms with Gasteiger partial charge in [0.2, 0.25) is 0 Å². The number of nitrogens with one attached hydrogen (secondary N) is 1. The molecule has 162 valence electrons. The van der Waals surface area contributed by atoms with Crippen molar-refractivity contribution >= 4 is 33.3 Å². The smallest absolute Gasteiger partial charge is 0.263 e. The van der Waals surface area contributed by atoms with E-state index in [2.05, 4.69) is 10.4 Å². The molecule has 1 aromatic heterocycles. The summed E-state index contributed by atoms with van der Waals surface area (Å²) in [7, 11) is 0.597. The fraction of sp³-hybridized carbons (Fsp3) is 0.167. The first-order valence-electron chi connectivity index (χ1n) is 10.1. The third-order valence-electron chi connectivity index (χ3n) is 5.34. The number of fused-ring (bicyclic) bond motifs is 2. The Morgan fingerprint density at radius 1 is 1.03 bits per heavy atom. The Labute approximate surface area is 187 Å². The zero-order chi connectivity index (χ0) is 22.1. The molecule has 4 aromatic rings. The largest absolute Gasteiger partial charge is 0.497 e. The number of carbonyl (C=O) groups is 1. The van der Waals surface area contributed by atoms with Crippen molar-refractivity contribution in [3.8, 4) is 17.2 Å². The van der Waals surface area contributed by atoms with Crippen molar-refractivity contribution in [1.82, 2.24) is 9.78 Å². The van der Waals surface area contributed by atoms with Gasteiger partial charge >= 0.3 is 0 Å². The summed E-state index contributed by atoms with van der Waals surface area (Å²) in [6.07, 6.45) is 0. The predicted molar refractivity (Wildman–Crippen MR) is 124 cm³/mol. The molecule has 0 bridgehead atoms. The molecule has 0 saturated heterocycles. The Kier molecular flexibility index (Phi) is 5.36. The Hall–Kier alpha value is -3.65. The highest BCUT2D eigenvalue weighted by atomic mass is 32.2. The molecule has 3 aromatic carbocycles. The maximum absolute atomic E-state index is 12.7. The van der Waals surface area contributed by atoms with Gasteiger partial charge in [0.05, 0.1) is 30.0 Å². The second-order valence-corrected chi connectivity index (χ2v) is 8.91. The number of anilines is 1. The van der Waals surface area contributed by atoms with Crippen LogP contribution in [0.25, 0.3) is 16.5 Å². The van der Waals surface area contributed by atoms with Crippen molar-refractivity contribution in [3.05, 3.63) is 78.0 Å². The Morgan fingerprint density at radius 2 is 1.78 bits per heavy atom. The molecule has 1 aliphatic rings. The molecular formula is C24H21N3O4S. The van der Waals surface area contributed by atoms with Crippen molar-refractivity contribution in [3.63, 3.8) is 0 Å². The minimum Gasteiger partial charge on any atom is -0.497 e. The van der Waals surface area contributed by atoms with Gasteiger partial charge in [-0.25, -0.2) is 4.68 Å². The fourth-order valence-corrected chi connectivity index (χ4v) is 5.00. The van der Waals surface area contributed by atoms with Crippen molar-refractivity contribution in [1.29, 1.82) is 0 Å². The second kappa shape index (κ2) is 8.47. The first-order chi connectivity index (χ1) is 15.6. The molecule has 2 heterocycles. The van der Waals surface area contributed by atoms with Crippen LogP contribution in [0.2, 0.25) is 0 Å².